The van der Waals surface area contributed by atoms with E-state index >= 15 is 0 Å². The maximum Gasteiger partial charge on any atom is 0.265 e. The van der Waals surface area contributed by atoms with Gasteiger partial charge >= 0.3 is 0 Å². The Morgan fingerprint density at radius 2 is 1.86 bits per heavy atom. The molecule has 0 saturated carbocycles. The normalized spacial score (nSPS) is 17.4. The smallest absolute Gasteiger partial charge is 0.265 e. The largest absolute Gasteiger partial charge is 0.479 e. The van der Waals surface area contributed by atoms with Crippen LogP contribution in [0.5, 0.6) is 17.2 Å². The lowest BCUT2D eigenvalue weighted by Gasteiger charge is -2.23. The third-order valence-corrected chi connectivity index (χ3v) is 5.69. The first-order valence-electron chi connectivity index (χ1n) is 8.33. The Balaban J connectivity index is 1.70. The number of hydrogen-bond donors (Lipinski definition) is 2. The van der Waals surface area contributed by atoms with Crippen LogP contribution in [0.4, 0.5) is 11.4 Å². The minimum atomic E-state index is -4.06. The maximum absolute atomic E-state index is 12.9. The predicted molar refractivity (Wildman–Crippen MR) is 98.5 cm³/mol. The van der Waals surface area contributed by atoms with Crippen LogP contribution < -0.4 is 24.2 Å². The molecule has 0 aliphatic carbocycles. The van der Waals surface area contributed by atoms with Crippen LogP contribution in [-0.4, -0.2) is 33.0 Å². The van der Waals surface area contributed by atoms with Crippen LogP contribution >= 0.6 is 0 Å². The van der Waals surface area contributed by atoms with Crippen molar-refractivity contribution in [3.8, 4) is 17.2 Å². The summed E-state index contributed by atoms with van der Waals surface area (Å²) >= 11 is 0. The van der Waals surface area contributed by atoms with Crippen LogP contribution in [0.3, 0.4) is 0 Å². The summed E-state index contributed by atoms with van der Waals surface area (Å²) in [7, 11) is -4.06. The zero-order chi connectivity index (χ0) is 20.1. The molecule has 9 nitrogen and oxygen atoms in total. The van der Waals surface area contributed by atoms with Crippen LogP contribution in [0.1, 0.15) is 24.2 Å². The van der Waals surface area contributed by atoms with Gasteiger partial charge in [0, 0.05) is 11.6 Å². The van der Waals surface area contributed by atoms with Crippen molar-refractivity contribution in [3.05, 3.63) is 35.9 Å². The molecule has 2 aliphatic heterocycles. The summed E-state index contributed by atoms with van der Waals surface area (Å²) in [6.07, 6.45) is -0.667. The number of fused-ring (bicyclic) bond motifs is 2. The molecule has 2 N–H and O–H groups in total. The van der Waals surface area contributed by atoms with E-state index in [1.54, 1.807) is 6.92 Å². The van der Waals surface area contributed by atoms with Gasteiger partial charge in [0.15, 0.2) is 23.4 Å². The number of carbonyl (C=O) groups is 2. The van der Waals surface area contributed by atoms with E-state index in [4.69, 9.17) is 14.2 Å². The molecule has 1 amide bonds. The van der Waals surface area contributed by atoms with Gasteiger partial charge in [0.2, 0.25) is 6.79 Å². The highest BCUT2D eigenvalue weighted by Gasteiger charge is 2.27. The lowest BCUT2D eigenvalue weighted by Crippen LogP contribution is -2.34. The fourth-order valence-corrected chi connectivity index (χ4v) is 3.97. The number of anilines is 2. The fraction of sp³-hybridized carbons (Fsp3) is 0.222. The van der Waals surface area contributed by atoms with E-state index in [1.165, 1.54) is 37.3 Å². The molecular formula is C18H16N2O7S. The number of Topliss-reactive ketones (excluding diaryl/α,β-unsaturated/α-hetero) is 1. The number of nitrogens with one attached hydrogen (secondary N) is 2. The van der Waals surface area contributed by atoms with Crippen LogP contribution in [0.15, 0.2) is 35.2 Å². The summed E-state index contributed by atoms with van der Waals surface area (Å²) < 4.78 is 44.0. The SMILES string of the molecule is CC(=O)c1cc2c(cc1NS(=O)(=O)c1ccc3c(c1)NC(=O)[C@@H](C)O3)OCO2. The summed E-state index contributed by atoms with van der Waals surface area (Å²) in [4.78, 5) is 23.6. The molecule has 2 aromatic rings. The second-order valence-corrected chi connectivity index (χ2v) is 8.00. The molecule has 0 saturated heterocycles. The number of benzene rings is 2. The molecule has 0 unspecified atom stereocenters. The number of carbonyl (C=O) groups excluding carboxylic acids is 2. The van der Waals surface area contributed by atoms with Crippen molar-refractivity contribution in [1.29, 1.82) is 0 Å². The van der Waals surface area contributed by atoms with Crippen LogP contribution in [-0.2, 0) is 14.8 Å². The zero-order valence-electron chi connectivity index (χ0n) is 14.9. The van der Waals surface area contributed by atoms with Crippen molar-refractivity contribution >= 4 is 33.1 Å². The minimum absolute atomic E-state index is 0.00811. The van der Waals surface area contributed by atoms with Gasteiger partial charge in [-0.15, -0.1) is 0 Å². The average molecular weight is 404 g/mol. The highest BCUT2D eigenvalue weighted by atomic mass is 32.2. The first kappa shape index (κ1) is 18.1. The molecule has 4 rings (SSSR count). The molecule has 0 fully saturated rings. The molecule has 0 aromatic heterocycles. The summed E-state index contributed by atoms with van der Waals surface area (Å²) in [6.45, 7) is 2.90. The van der Waals surface area contributed by atoms with E-state index in [2.05, 4.69) is 10.0 Å². The first-order valence-corrected chi connectivity index (χ1v) is 9.82. The summed E-state index contributed by atoms with van der Waals surface area (Å²) in [5, 5.41) is 2.60. The zero-order valence-corrected chi connectivity index (χ0v) is 15.8. The van der Waals surface area contributed by atoms with Crippen molar-refractivity contribution in [2.45, 2.75) is 24.8 Å². The lowest BCUT2D eigenvalue weighted by molar-refractivity contribution is -0.122. The summed E-state index contributed by atoms with van der Waals surface area (Å²) in [5.41, 5.74) is 0.475. The van der Waals surface area contributed by atoms with E-state index < -0.39 is 16.1 Å². The van der Waals surface area contributed by atoms with Gasteiger partial charge in [-0.3, -0.25) is 14.3 Å². The van der Waals surface area contributed by atoms with E-state index in [9.17, 15) is 18.0 Å². The van der Waals surface area contributed by atoms with Gasteiger partial charge in [-0.05, 0) is 38.1 Å². The molecule has 2 heterocycles. The van der Waals surface area contributed by atoms with Crippen molar-refractivity contribution in [1.82, 2.24) is 0 Å². The molecule has 10 heteroatoms. The predicted octanol–water partition coefficient (Wildman–Crippen LogP) is 2.14. The highest BCUT2D eigenvalue weighted by molar-refractivity contribution is 7.92. The number of hydrogen-bond acceptors (Lipinski definition) is 7. The van der Waals surface area contributed by atoms with Gasteiger partial charge in [0.05, 0.1) is 16.3 Å². The Morgan fingerprint density at radius 1 is 1.14 bits per heavy atom. The topological polar surface area (TPSA) is 120 Å². The molecule has 0 radical (unpaired) electrons. The van der Waals surface area contributed by atoms with E-state index in [1.807, 2.05) is 0 Å². The van der Waals surface area contributed by atoms with Gasteiger partial charge in [0.1, 0.15) is 5.75 Å². The quantitative estimate of drug-likeness (QED) is 0.749. The van der Waals surface area contributed by atoms with Crippen LogP contribution in [0.2, 0.25) is 0 Å². The average Bonchev–Trinajstić information content (AvgIpc) is 3.08. The monoisotopic (exact) mass is 404 g/mol. The molecule has 146 valence electrons. The summed E-state index contributed by atoms with van der Waals surface area (Å²) in [6, 6.07) is 6.95. The number of ether oxygens (including phenoxy) is 3. The third kappa shape index (κ3) is 3.11. The van der Waals surface area contributed by atoms with Crippen LogP contribution in [0.25, 0.3) is 0 Å². The Hall–Kier alpha value is -3.27. The first-order chi connectivity index (χ1) is 13.2. The number of ketones is 1. The molecular weight excluding hydrogens is 388 g/mol. The van der Waals surface area contributed by atoms with Gasteiger partial charge in [-0.2, -0.15) is 0 Å². The standard InChI is InChI=1S/C18H16N2O7S/c1-9(21)12-6-16-17(26-8-25-16)7-13(12)20-28(23,24)11-3-4-15-14(5-11)19-18(22)10(2)27-15/h3-7,10,20H,8H2,1-2H3,(H,19,22)/t10-/m1/s1. The molecule has 2 aliphatic rings. The third-order valence-electron chi connectivity index (χ3n) is 4.33. The van der Waals surface area contributed by atoms with E-state index in [-0.39, 0.29) is 40.3 Å². The Morgan fingerprint density at radius 3 is 2.57 bits per heavy atom. The Bertz CT molecular complexity index is 1110. The van der Waals surface area contributed by atoms with Gasteiger partial charge < -0.3 is 19.5 Å². The second-order valence-electron chi connectivity index (χ2n) is 6.32. The Labute approximate surface area is 160 Å². The van der Waals surface area contributed by atoms with E-state index in [0.29, 0.717) is 17.2 Å². The molecule has 2 aromatic carbocycles. The highest BCUT2D eigenvalue weighted by Crippen LogP contribution is 2.38. The summed E-state index contributed by atoms with van der Waals surface area (Å²) in [5.74, 6) is 0.373. The lowest BCUT2D eigenvalue weighted by atomic mass is 10.1. The minimum Gasteiger partial charge on any atom is -0.479 e. The number of sulfonamides is 1. The maximum atomic E-state index is 12.9. The fourth-order valence-electron chi connectivity index (χ4n) is 2.88. The van der Waals surface area contributed by atoms with Crippen molar-refractivity contribution in [3.63, 3.8) is 0 Å². The Kier molecular flexibility index (Phi) is 4.15. The van der Waals surface area contributed by atoms with Crippen LogP contribution in [0, 0.1) is 0 Å². The van der Waals surface area contributed by atoms with Gasteiger partial charge in [0.25, 0.3) is 15.9 Å². The van der Waals surface area contributed by atoms with Crippen molar-refractivity contribution in [2.24, 2.45) is 0 Å². The number of amides is 1. The van der Waals surface area contributed by atoms with Gasteiger partial charge in [-0.1, -0.05) is 0 Å². The van der Waals surface area contributed by atoms with Crippen molar-refractivity contribution < 1.29 is 32.2 Å². The van der Waals surface area contributed by atoms with Crippen molar-refractivity contribution in [2.75, 3.05) is 16.8 Å². The molecule has 0 spiro atoms. The molecule has 0 bridgehead atoms. The van der Waals surface area contributed by atoms with Gasteiger partial charge in [-0.25, -0.2) is 8.42 Å². The molecule has 1 atom stereocenters. The number of rotatable bonds is 4. The molecule has 28 heavy (non-hydrogen) atoms. The second kappa shape index (κ2) is 6.41. The van der Waals surface area contributed by atoms with E-state index in [0.717, 1.165) is 0 Å².